The Morgan fingerprint density at radius 1 is 0.950 bits per heavy atom. The average Bonchev–Trinajstić information content (AvgIpc) is 2.90. The minimum absolute atomic E-state index is 0.0819. The van der Waals surface area contributed by atoms with E-state index in [0.29, 0.717) is 27.8 Å². The molecule has 0 aromatic heterocycles. The average molecular weight is 605 g/mol. The number of rotatable bonds is 13. The Kier molecular flexibility index (Phi) is 11.4. The van der Waals surface area contributed by atoms with Crippen LogP contribution in [0.25, 0.3) is 0 Å². The molecule has 0 spiro atoms. The Balaban J connectivity index is 2.08. The van der Waals surface area contributed by atoms with Gasteiger partial charge in [-0.3, -0.25) is 13.9 Å². The summed E-state index contributed by atoms with van der Waals surface area (Å²) in [6, 6.07) is 20.3. The molecule has 3 rings (SSSR count). The summed E-state index contributed by atoms with van der Waals surface area (Å²) in [5, 5.41) is 3.63. The van der Waals surface area contributed by atoms with Gasteiger partial charge in [-0.05, 0) is 48.7 Å². The van der Waals surface area contributed by atoms with E-state index >= 15 is 0 Å². The molecule has 0 saturated carbocycles. The first-order chi connectivity index (χ1) is 19.0. The van der Waals surface area contributed by atoms with Gasteiger partial charge in [0.05, 0.1) is 11.9 Å². The number of nitrogens with zero attached hydrogens (tertiary/aromatic N) is 2. The molecule has 10 heteroatoms. The van der Waals surface area contributed by atoms with Crippen molar-refractivity contribution >= 4 is 50.7 Å². The number of carbonyl (C=O) groups is 2. The molecule has 7 nitrogen and oxygen atoms in total. The Morgan fingerprint density at radius 2 is 1.60 bits per heavy atom. The lowest BCUT2D eigenvalue weighted by Gasteiger charge is -2.34. The van der Waals surface area contributed by atoms with Gasteiger partial charge >= 0.3 is 0 Å². The molecular formula is C30H35Cl2N3O4S. The number of hydrogen-bond donors (Lipinski definition) is 1. The second-order valence-corrected chi connectivity index (χ2v) is 12.4. The van der Waals surface area contributed by atoms with Crippen LogP contribution in [0.3, 0.4) is 0 Å². The molecule has 214 valence electrons. The molecule has 1 N–H and O–H groups in total. The highest BCUT2D eigenvalue weighted by atomic mass is 35.5. The Bertz CT molecular complexity index is 1400. The van der Waals surface area contributed by atoms with E-state index in [-0.39, 0.29) is 18.9 Å². The molecule has 0 aliphatic rings. The number of carbonyl (C=O) groups excluding carboxylic acids is 2. The molecule has 1 atom stereocenters. The fourth-order valence-corrected chi connectivity index (χ4v) is 5.67. The molecule has 0 aliphatic heterocycles. The van der Waals surface area contributed by atoms with Gasteiger partial charge in [0.2, 0.25) is 21.8 Å². The maximum Gasteiger partial charge on any atom is 0.244 e. The van der Waals surface area contributed by atoms with Crippen molar-refractivity contribution < 1.29 is 18.0 Å². The van der Waals surface area contributed by atoms with Gasteiger partial charge in [-0.15, -0.1) is 0 Å². The standard InChI is InChI=1S/C30H35Cl2N3O4S/c1-4-5-17-33-30(37)28(19-23-12-7-6-8-13-23)34(20-25-26(31)15-10-16-27(25)32)29(36)21-35(40(3,38)39)24-14-9-11-22(2)18-24/h6-16,18,28H,4-5,17,19-21H2,1-3H3,(H,33,37)/t28-/m0/s1. The third-order valence-corrected chi connectivity index (χ3v) is 8.31. The van der Waals surface area contributed by atoms with Crippen molar-refractivity contribution in [1.29, 1.82) is 0 Å². The van der Waals surface area contributed by atoms with Crippen LogP contribution in [-0.2, 0) is 32.6 Å². The summed E-state index contributed by atoms with van der Waals surface area (Å²) < 4.78 is 26.8. The number of amides is 2. The predicted octanol–water partition coefficient (Wildman–Crippen LogP) is 5.62. The second-order valence-electron chi connectivity index (χ2n) is 9.68. The maximum atomic E-state index is 14.1. The van der Waals surface area contributed by atoms with Crippen LogP contribution in [-0.4, -0.2) is 50.5 Å². The molecule has 0 aliphatic carbocycles. The summed E-state index contributed by atoms with van der Waals surface area (Å²) in [6.07, 6.45) is 2.94. The number of hydrogen-bond acceptors (Lipinski definition) is 4. The maximum absolute atomic E-state index is 14.1. The van der Waals surface area contributed by atoms with Crippen molar-refractivity contribution in [3.05, 3.63) is 99.5 Å². The third-order valence-electron chi connectivity index (χ3n) is 6.46. The van der Waals surface area contributed by atoms with Crippen molar-refractivity contribution in [3.8, 4) is 0 Å². The number of aryl methyl sites for hydroxylation is 1. The summed E-state index contributed by atoms with van der Waals surface area (Å²) in [5.74, 6) is -0.898. The highest BCUT2D eigenvalue weighted by molar-refractivity contribution is 7.92. The van der Waals surface area contributed by atoms with Crippen molar-refractivity contribution in [2.75, 3.05) is 23.7 Å². The van der Waals surface area contributed by atoms with E-state index in [1.165, 1.54) is 4.90 Å². The van der Waals surface area contributed by atoms with E-state index in [1.807, 2.05) is 50.2 Å². The summed E-state index contributed by atoms with van der Waals surface area (Å²) in [7, 11) is -3.84. The van der Waals surface area contributed by atoms with E-state index in [4.69, 9.17) is 23.2 Å². The van der Waals surface area contributed by atoms with Crippen LogP contribution >= 0.6 is 23.2 Å². The molecular weight excluding hydrogens is 569 g/mol. The van der Waals surface area contributed by atoms with Gasteiger partial charge in [0.1, 0.15) is 12.6 Å². The summed E-state index contributed by atoms with van der Waals surface area (Å²) in [4.78, 5) is 29.1. The van der Waals surface area contributed by atoms with Crippen LogP contribution in [0.15, 0.2) is 72.8 Å². The zero-order valence-corrected chi connectivity index (χ0v) is 25.3. The van der Waals surface area contributed by atoms with E-state index in [9.17, 15) is 18.0 Å². The lowest BCUT2D eigenvalue weighted by atomic mass is 10.0. The van der Waals surface area contributed by atoms with Crippen LogP contribution in [0, 0.1) is 6.92 Å². The summed E-state index contributed by atoms with van der Waals surface area (Å²) >= 11 is 13.0. The molecule has 0 bridgehead atoms. The topological polar surface area (TPSA) is 86.8 Å². The fourth-order valence-electron chi connectivity index (χ4n) is 4.31. The molecule has 2 amide bonds. The lowest BCUT2D eigenvalue weighted by molar-refractivity contribution is -0.140. The van der Waals surface area contributed by atoms with Crippen molar-refractivity contribution in [3.63, 3.8) is 0 Å². The van der Waals surface area contributed by atoms with E-state index < -0.39 is 28.5 Å². The summed E-state index contributed by atoms with van der Waals surface area (Å²) in [6.45, 7) is 3.73. The monoisotopic (exact) mass is 603 g/mol. The van der Waals surface area contributed by atoms with Crippen LogP contribution in [0.2, 0.25) is 10.0 Å². The van der Waals surface area contributed by atoms with Crippen LogP contribution in [0.5, 0.6) is 0 Å². The molecule has 3 aromatic carbocycles. The van der Waals surface area contributed by atoms with Gasteiger partial charge in [-0.2, -0.15) is 0 Å². The number of nitrogens with one attached hydrogen (secondary N) is 1. The largest absolute Gasteiger partial charge is 0.354 e. The van der Waals surface area contributed by atoms with E-state index in [2.05, 4.69) is 5.32 Å². The Labute approximate surface area is 247 Å². The van der Waals surface area contributed by atoms with Gasteiger partial charge in [0.15, 0.2) is 0 Å². The normalized spacial score (nSPS) is 12.0. The fraction of sp³-hybridized carbons (Fsp3) is 0.333. The van der Waals surface area contributed by atoms with Crippen LogP contribution < -0.4 is 9.62 Å². The van der Waals surface area contributed by atoms with Gasteiger partial charge in [-0.1, -0.05) is 85.1 Å². The first kappa shape index (κ1) is 31.5. The van der Waals surface area contributed by atoms with E-state index in [0.717, 1.165) is 34.5 Å². The zero-order chi connectivity index (χ0) is 29.3. The third kappa shape index (κ3) is 8.71. The Morgan fingerprint density at radius 3 is 2.20 bits per heavy atom. The number of unbranched alkanes of at least 4 members (excludes halogenated alkanes) is 1. The molecule has 0 heterocycles. The minimum atomic E-state index is -3.84. The molecule has 0 radical (unpaired) electrons. The van der Waals surface area contributed by atoms with E-state index in [1.54, 1.807) is 36.4 Å². The highest BCUT2D eigenvalue weighted by Gasteiger charge is 2.33. The van der Waals surface area contributed by atoms with Gasteiger partial charge < -0.3 is 10.2 Å². The van der Waals surface area contributed by atoms with Crippen molar-refractivity contribution in [2.45, 2.75) is 45.7 Å². The van der Waals surface area contributed by atoms with Crippen LogP contribution in [0.4, 0.5) is 5.69 Å². The van der Waals surface area contributed by atoms with Crippen molar-refractivity contribution in [2.24, 2.45) is 0 Å². The summed E-state index contributed by atoms with van der Waals surface area (Å²) in [5.41, 5.74) is 2.52. The first-order valence-corrected chi connectivity index (χ1v) is 15.7. The highest BCUT2D eigenvalue weighted by Crippen LogP contribution is 2.28. The van der Waals surface area contributed by atoms with Gasteiger partial charge in [0.25, 0.3) is 0 Å². The van der Waals surface area contributed by atoms with Crippen LogP contribution in [0.1, 0.15) is 36.5 Å². The molecule has 3 aromatic rings. The quantitative estimate of drug-likeness (QED) is 0.257. The minimum Gasteiger partial charge on any atom is -0.354 e. The second kappa shape index (κ2) is 14.5. The zero-order valence-electron chi connectivity index (χ0n) is 22.9. The number of benzene rings is 3. The lowest BCUT2D eigenvalue weighted by Crippen LogP contribution is -2.53. The smallest absolute Gasteiger partial charge is 0.244 e. The first-order valence-electron chi connectivity index (χ1n) is 13.1. The predicted molar refractivity (Wildman–Crippen MR) is 162 cm³/mol. The Hall–Kier alpha value is -3.07. The molecule has 0 fully saturated rings. The molecule has 40 heavy (non-hydrogen) atoms. The SMILES string of the molecule is CCCCNC(=O)[C@H](Cc1ccccc1)N(Cc1c(Cl)cccc1Cl)C(=O)CN(c1cccc(C)c1)S(C)(=O)=O. The van der Waals surface area contributed by atoms with Crippen molar-refractivity contribution in [1.82, 2.24) is 10.2 Å². The van der Waals surface area contributed by atoms with Gasteiger partial charge in [-0.25, -0.2) is 8.42 Å². The van der Waals surface area contributed by atoms with Gasteiger partial charge in [0, 0.05) is 35.1 Å². The molecule has 0 saturated heterocycles. The number of anilines is 1. The molecule has 0 unspecified atom stereocenters. The number of sulfonamides is 1. The number of halogens is 2.